The third kappa shape index (κ3) is 20.2. The number of aromatic nitrogens is 2. The maximum Gasteiger partial charge on any atom is 0.256 e. The molecule has 0 spiro atoms. The molecule has 0 aliphatic rings. The number of unbranched alkanes of at least 4 members (excludes halogenated alkanes) is 25. The quantitative estimate of drug-likeness (QED) is 0.0689. The van der Waals surface area contributed by atoms with E-state index in [2.05, 4.69) is 42.3 Å². The highest BCUT2D eigenvalue weighted by Gasteiger charge is 2.15. The molecule has 0 aliphatic carbocycles. The number of imidazole rings is 1. The lowest BCUT2D eigenvalue weighted by molar-refractivity contribution is -0.704. The van der Waals surface area contributed by atoms with Crippen LogP contribution in [0.15, 0.2) is 12.4 Å². The summed E-state index contributed by atoms with van der Waals surface area (Å²) < 4.78 is 5.06. The summed E-state index contributed by atoms with van der Waals surface area (Å²) in [4.78, 5) is 0. The second kappa shape index (κ2) is 27.8. The first kappa shape index (κ1) is 35.2. The molecule has 0 saturated carbocycles. The first-order valence-corrected chi connectivity index (χ1v) is 17.9. The number of aryl methyl sites for hydroxylation is 2. The number of hydrogen-bond donors (Lipinski definition) is 0. The number of hydrogen-bond acceptors (Lipinski definition) is 0. The Morgan fingerprint density at radius 2 is 0.789 bits per heavy atom. The maximum absolute atomic E-state index is 2.57. The van der Waals surface area contributed by atoms with E-state index < -0.39 is 0 Å². The largest absolute Gasteiger partial charge is 0.256 e. The monoisotopic (exact) mass is 532 g/mol. The van der Waals surface area contributed by atoms with Gasteiger partial charge in [-0.05, 0) is 26.2 Å². The topological polar surface area (TPSA) is 8.81 Å². The molecule has 0 N–H and O–H groups in total. The molecule has 0 unspecified atom stereocenters. The predicted octanol–water partition coefficient (Wildman–Crippen LogP) is 11.9. The van der Waals surface area contributed by atoms with Crippen LogP contribution >= 0.6 is 0 Å². The van der Waals surface area contributed by atoms with Gasteiger partial charge in [0, 0.05) is 6.42 Å². The summed E-state index contributed by atoms with van der Waals surface area (Å²) in [5.41, 5.74) is 0. The van der Waals surface area contributed by atoms with Crippen molar-refractivity contribution in [3.63, 3.8) is 0 Å². The third-order valence-electron chi connectivity index (χ3n) is 8.69. The van der Waals surface area contributed by atoms with Crippen molar-refractivity contribution in [2.24, 2.45) is 0 Å². The van der Waals surface area contributed by atoms with Crippen molar-refractivity contribution in [1.29, 1.82) is 0 Å². The highest BCUT2D eigenvalue weighted by atomic mass is 15.1. The van der Waals surface area contributed by atoms with E-state index in [1.807, 2.05) is 0 Å². The summed E-state index contributed by atoms with van der Waals surface area (Å²) in [6.45, 7) is 9.24. The lowest BCUT2D eigenvalue weighted by atomic mass is 10.0. The van der Waals surface area contributed by atoms with Gasteiger partial charge in [-0.25, -0.2) is 9.13 Å². The van der Waals surface area contributed by atoms with Crippen LogP contribution in [0.4, 0.5) is 0 Å². The van der Waals surface area contributed by atoms with E-state index in [1.54, 1.807) is 5.82 Å². The maximum atomic E-state index is 2.57. The summed E-state index contributed by atoms with van der Waals surface area (Å²) >= 11 is 0. The molecule has 1 aromatic heterocycles. The van der Waals surface area contributed by atoms with Crippen LogP contribution in [0.1, 0.15) is 200 Å². The van der Waals surface area contributed by atoms with Crippen LogP contribution in [-0.2, 0) is 19.5 Å². The molecule has 1 aromatic rings. The van der Waals surface area contributed by atoms with Gasteiger partial charge in [0.25, 0.3) is 5.82 Å². The molecule has 38 heavy (non-hydrogen) atoms. The van der Waals surface area contributed by atoms with Gasteiger partial charge in [-0.3, -0.25) is 0 Å². The fourth-order valence-corrected chi connectivity index (χ4v) is 6.05. The Morgan fingerprint density at radius 3 is 1.16 bits per heavy atom. The van der Waals surface area contributed by atoms with Crippen LogP contribution in [0.5, 0.6) is 0 Å². The van der Waals surface area contributed by atoms with Crippen LogP contribution in [0.2, 0.25) is 0 Å². The zero-order valence-corrected chi connectivity index (χ0v) is 26.8. The molecule has 0 saturated heterocycles. The van der Waals surface area contributed by atoms with Crippen LogP contribution in [0.3, 0.4) is 0 Å². The molecule has 224 valence electrons. The molecule has 1 rings (SSSR count). The van der Waals surface area contributed by atoms with Crippen molar-refractivity contribution < 1.29 is 4.57 Å². The Bertz CT molecular complexity index is 590. The average molecular weight is 532 g/mol. The molecule has 0 aromatic carbocycles. The van der Waals surface area contributed by atoms with Gasteiger partial charge in [0.1, 0.15) is 12.4 Å². The van der Waals surface area contributed by atoms with Crippen molar-refractivity contribution in [1.82, 2.24) is 4.57 Å². The predicted molar refractivity (Wildman–Crippen MR) is 170 cm³/mol. The Hall–Kier alpha value is -0.790. The second-order valence-electron chi connectivity index (χ2n) is 12.3. The van der Waals surface area contributed by atoms with Crippen molar-refractivity contribution in [2.75, 3.05) is 0 Å². The first-order valence-electron chi connectivity index (χ1n) is 17.9. The average Bonchev–Trinajstić information content (AvgIpc) is 3.33. The van der Waals surface area contributed by atoms with E-state index >= 15 is 0 Å². The highest BCUT2D eigenvalue weighted by molar-refractivity contribution is 4.83. The zero-order valence-electron chi connectivity index (χ0n) is 26.8. The van der Waals surface area contributed by atoms with E-state index in [1.165, 1.54) is 186 Å². The summed E-state index contributed by atoms with van der Waals surface area (Å²) in [5.74, 6) is 1.57. The first-order chi connectivity index (χ1) is 18.8. The zero-order chi connectivity index (χ0) is 27.4. The second-order valence-corrected chi connectivity index (χ2v) is 12.3. The van der Waals surface area contributed by atoms with Gasteiger partial charge in [0.15, 0.2) is 0 Å². The van der Waals surface area contributed by atoms with Gasteiger partial charge in [-0.1, -0.05) is 168 Å². The third-order valence-corrected chi connectivity index (χ3v) is 8.69. The SMILES string of the molecule is CCCCCCCCCCCCCCCCCC[n+]1ccn(CC)c1CCCCCCCCCCCCC. The van der Waals surface area contributed by atoms with Crippen LogP contribution in [0.25, 0.3) is 0 Å². The minimum atomic E-state index is 1.11. The van der Waals surface area contributed by atoms with Gasteiger partial charge < -0.3 is 0 Å². The molecule has 0 aliphatic heterocycles. The molecule has 0 atom stereocenters. The van der Waals surface area contributed by atoms with Gasteiger partial charge in [-0.15, -0.1) is 0 Å². The van der Waals surface area contributed by atoms with Crippen LogP contribution < -0.4 is 4.57 Å². The fourth-order valence-electron chi connectivity index (χ4n) is 6.05. The van der Waals surface area contributed by atoms with E-state index in [0.717, 1.165) is 6.54 Å². The van der Waals surface area contributed by atoms with Crippen molar-refractivity contribution in [3.8, 4) is 0 Å². The summed E-state index contributed by atoms with van der Waals surface area (Å²) in [5, 5.41) is 0. The number of nitrogens with zero attached hydrogens (tertiary/aromatic N) is 2. The molecule has 0 amide bonds. The Labute approximate surface area is 240 Å². The molecule has 2 nitrogen and oxygen atoms in total. The van der Waals surface area contributed by atoms with Crippen LogP contribution in [0, 0.1) is 0 Å². The van der Waals surface area contributed by atoms with Gasteiger partial charge in [0.2, 0.25) is 0 Å². The standard InChI is InChI=1S/C36H71N2/c1-4-7-9-11-13-15-17-18-19-20-21-23-25-27-29-31-33-38-35-34-37(6-3)36(38)32-30-28-26-24-22-16-14-12-10-8-5-2/h34-35H,4-33H2,1-3H3/q+1. The Morgan fingerprint density at radius 1 is 0.447 bits per heavy atom. The smallest absolute Gasteiger partial charge is 0.235 e. The molecule has 0 fully saturated rings. The lowest BCUT2D eigenvalue weighted by Gasteiger charge is -2.06. The fraction of sp³-hybridized carbons (Fsp3) is 0.917. The normalized spacial score (nSPS) is 11.6. The van der Waals surface area contributed by atoms with E-state index in [4.69, 9.17) is 0 Å². The van der Waals surface area contributed by atoms with Crippen molar-refractivity contribution >= 4 is 0 Å². The minimum absolute atomic E-state index is 1.11. The molecule has 2 heteroatoms. The summed E-state index contributed by atoms with van der Waals surface area (Å²) in [7, 11) is 0. The molecule has 1 heterocycles. The lowest BCUT2D eigenvalue weighted by Crippen LogP contribution is -2.37. The molecule has 0 bridgehead atoms. The Balaban J connectivity index is 1.98. The number of rotatable bonds is 30. The molecular weight excluding hydrogens is 460 g/mol. The highest BCUT2D eigenvalue weighted by Crippen LogP contribution is 2.15. The van der Waals surface area contributed by atoms with Gasteiger partial charge in [0.05, 0.1) is 13.1 Å². The van der Waals surface area contributed by atoms with Gasteiger partial charge >= 0.3 is 0 Å². The Kier molecular flexibility index (Phi) is 25.7. The summed E-state index contributed by atoms with van der Waals surface area (Å²) in [6, 6.07) is 0. The summed E-state index contributed by atoms with van der Waals surface area (Å²) in [6.07, 6.45) is 44.8. The van der Waals surface area contributed by atoms with E-state index in [-0.39, 0.29) is 0 Å². The van der Waals surface area contributed by atoms with E-state index in [9.17, 15) is 0 Å². The van der Waals surface area contributed by atoms with Crippen LogP contribution in [-0.4, -0.2) is 4.57 Å². The van der Waals surface area contributed by atoms with E-state index in [0.29, 0.717) is 0 Å². The minimum Gasteiger partial charge on any atom is -0.235 e. The van der Waals surface area contributed by atoms with Crippen molar-refractivity contribution in [3.05, 3.63) is 18.2 Å². The van der Waals surface area contributed by atoms with Crippen molar-refractivity contribution in [2.45, 2.75) is 214 Å². The van der Waals surface area contributed by atoms with Gasteiger partial charge in [-0.2, -0.15) is 0 Å². The molecule has 0 radical (unpaired) electrons. The molecular formula is C36H71N2+.